The number of hydrogen-bond acceptors (Lipinski definition) is 3. The van der Waals surface area contributed by atoms with Gasteiger partial charge in [-0.2, -0.15) is 0 Å². The summed E-state index contributed by atoms with van der Waals surface area (Å²) in [6.45, 7) is 3.78. The fourth-order valence-corrected chi connectivity index (χ4v) is 2.89. The molecule has 116 valence electrons. The van der Waals surface area contributed by atoms with Crippen LogP contribution in [0.1, 0.15) is 39.0 Å². The van der Waals surface area contributed by atoms with Crippen LogP contribution in [0.2, 0.25) is 0 Å². The monoisotopic (exact) mass is 304 g/mol. The molecular weight excluding hydrogens is 280 g/mol. The Morgan fingerprint density at radius 1 is 1.35 bits per heavy atom. The largest absolute Gasteiger partial charge is 0.350 e. The summed E-state index contributed by atoms with van der Waals surface area (Å²) < 4.78 is 0. The van der Waals surface area contributed by atoms with E-state index < -0.39 is 5.54 Å². The number of carbonyl (C=O) groups excluding carboxylic acids is 2. The maximum absolute atomic E-state index is 12.2. The number of rotatable bonds is 3. The molecule has 0 radical (unpaired) electrons. The molecule has 4 N–H and O–H groups in total. The van der Waals surface area contributed by atoms with Gasteiger partial charge in [-0.3, -0.25) is 4.79 Å². The van der Waals surface area contributed by atoms with Gasteiger partial charge in [0.1, 0.15) is 0 Å². The fraction of sp³-hybridized carbons (Fsp3) is 0.846. The number of amides is 3. The van der Waals surface area contributed by atoms with Gasteiger partial charge in [0.05, 0.1) is 5.54 Å². The Morgan fingerprint density at radius 2 is 2.00 bits per heavy atom. The zero-order valence-corrected chi connectivity index (χ0v) is 12.8. The molecule has 1 aliphatic carbocycles. The van der Waals surface area contributed by atoms with Crippen molar-refractivity contribution in [1.29, 1.82) is 0 Å². The number of halogens is 1. The fourth-order valence-electron chi connectivity index (χ4n) is 2.89. The van der Waals surface area contributed by atoms with Crippen LogP contribution < -0.4 is 16.4 Å². The average molecular weight is 305 g/mol. The first-order chi connectivity index (χ1) is 9.05. The molecule has 6 nitrogen and oxygen atoms in total. The zero-order valence-electron chi connectivity index (χ0n) is 12.0. The first kappa shape index (κ1) is 17.0. The summed E-state index contributed by atoms with van der Waals surface area (Å²) in [6.07, 6.45) is 4.40. The Morgan fingerprint density at radius 3 is 2.60 bits per heavy atom. The molecule has 1 unspecified atom stereocenters. The van der Waals surface area contributed by atoms with Crippen LogP contribution in [0.4, 0.5) is 4.79 Å². The van der Waals surface area contributed by atoms with E-state index in [1.807, 2.05) is 6.92 Å². The predicted octanol–water partition coefficient (Wildman–Crippen LogP) is 0.600. The Kier molecular flexibility index (Phi) is 6.07. The quantitative estimate of drug-likeness (QED) is 0.713. The standard InChI is InChI=1S/C13H24N4O2.ClH/c1-2-15-12(19)17-8-5-10(9-17)16-11(18)13(14)6-3-4-7-13;/h10H,2-9,14H2,1H3,(H,15,19)(H,16,18);1H. The second-order valence-corrected chi connectivity index (χ2v) is 5.60. The number of carbonyl (C=O) groups is 2. The summed E-state index contributed by atoms with van der Waals surface area (Å²) in [5, 5.41) is 5.78. The summed E-state index contributed by atoms with van der Waals surface area (Å²) >= 11 is 0. The van der Waals surface area contributed by atoms with Gasteiger partial charge in [-0.05, 0) is 26.2 Å². The summed E-state index contributed by atoms with van der Waals surface area (Å²) in [6, 6.07) is -0.0151. The third-order valence-electron chi connectivity index (χ3n) is 4.09. The lowest BCUT2D eigenvalue weighted by Crippen LogP contribution is -2.55. The van der Waals surface area contributed by atoms with E-state index in [-0.39, 0.29) is 30.4 Å². The number of urea groups is 1. The molecule has 2 rings (SSSR count). The molecular formula is C13H25ClN4O2. The number of nitrogens with one attached hydrogen (secondary N) is 2. The average Bonchev–Trinajstić information content (AvgIpc) is 2.99. The normalized spacial score (nSPS) is 24.1. The van der Waals surface area contributed by atoms with Gasteiger partial charge in [0.25, 0.3) is 0 Å². The van der Waals surface area contributed by atoms with Crippen molar-refractivity contribution in [1.82, 2.24) is 15.5 Å². The summed E-state index contributed by atoms with van der Waals surface area (Å²) in [5.41, 5.74) is 5.44. The third-order valence-corrected chi connectivity index (χ3v) is 4.09. The molecule has 1 saturated heterocycles. The molecule has 20 heavy (non-hydrogen) atoms. The van der Waals surface area contributed by atoms with Crippen molar-refractivity contribution in [3.8, 4) is 0 Å². The molecule has 1 saturated carbocycles. The van der Waals surface area contributed by atoms with Crippen molar-refractivity contribution in [2.24, 2.45) is 5.73 Å². The predicted molar refractivity (Wildman–Crippen MR) is 79.8 cm³/mol. The first-order valence-electron chi connectivity index (χ1n) is 7.18. The van der Waals surface area contributed by atoms with E-state index >= 15 is 0 Å². The van der Waals surface area contributed by atoms with Gasteiger partial charge in [-0.25, -0.2) is 4.79 Å². The summed E-state index contributed by atoms with van der Waals surface area (Å²) in [5.74, 6) is -0.0484. The zero-order chi connectivity index (χ0) is 13.9. The van der Waals surface area contributed by atoms with Crippen molar-refractivity contribution >= 4 is 24.3 Å². The maximum atomic E-state index is 12.2. The molecule has 7 heteroatoms. The molecule has 2 fully saturated rings. The minimum absolute atomic E-state index is 0. The molecule has 0 aromatic heterocycles. The number of hydrogen-bond donors (Lipinski definition) is 3. The Balaban J connectivity index is 0.00000200. The van der Waals surface area contributed by atoms with Gasteiger partial charge in [-0.1, -0.05) is 12.8 Å². The molecule has 2 aliphatic rings. The highest BCUT2D eigenvalue weighted by molar-refractivity contribution is 5.86. The lowest BCUT2D eigenvalue weighted by molar-refractivity contribution is -0.126. The second-order valence-electron chi connectivity index (χ2n) is 5.60. The van der Waals surface area contributed by atoms with Crippen molar-refractivity contribution in [3.63, 3.8) is 0 Å². The first-order valence-corrected chi connectivity index (χ1v) is 7.18. The number of nitrogens with two attached hydrogens (primary N) is 1. The van der Waals surface area contributed by atoms with Crippen molar-refractivity contribution in [2.75, 3.05) is 19.6 Å². The van der Waals surface area contributed by atoms with Gasteiger partial charge in [0.2, 0.25) is 5.91 Å². The second kappa shape index (κ2) is 7.13. The summed E-state index contributed by atoms with van der Waals surface area (Å²) in [7, 11) is 0. The van der Waals surface area contributed by atoms with E-state index in [9.17, 15) is 9.59 Å². The summed E-state index contributed by atoms with van der Waals surface area (Å²) in [4.78, 5) is 25.6. The highest BCUT2D eigenvalue weighted by Gasteiger charge is 2.39. The van der Waals surface area contributed by atoms with Crippen LogP contribution in [0, 0.1) is 0 Å². The highest BCUT2D eigenvalue weighted by Crippen LogP contribution is 2.27. The Labute approximate surface area is 126 Å². The van der Waals surface area contributed by atoms with Crippen LogP contribution in [0.25, 0.3) is 0 Å². The van der Waals surface area contributed by atoms with Crippen molar-refractivity contribution in [3.05, 3.63) is 0 Å². The van der Waals surface area contributed by atoms with E-state index in [2.05, 4.69) is 10.6 Å². The SMILES string of the molecule is CCNC(=O)N1CCC(NC(=O)C2(N)CCCC2)C1.Cl. The Bertz CT molecular complexity index is 358. The lowest BCUT2D eigenvalue weighted by atomic mass is 9.97. The molecule has 0 aromatic rings. The number of likely N-dealkylation sites (tertiary alicyclic amines) is 1. The van der Waals surface area contributed by atoms with E-state index in [0.29, 0.717) is 19.6 Å². The molecule has 3 amide bonds. The minimum atomic E-state index is -0.681. The topological polar surface area (TPSA) is 87.5 Å². The van der Waals surface area contributed by atoms with Gasteiger partial charge < -0.3 is 21.3 Å². The highest BCUT2D eigenvalue weighted by atomic mass is 35.5. The lowest BCUT2D eigenvalue weighted by Gasteiger charge is -2.25. The molecule has 0 spiro atoms. The Hall–Kier alpha value is -1.01. The van der Waals surface area contributed by atoms with Gasteiger partial charge in [0.15, 0.2) is 0 Å². The maximum Gasteiger partial charge on any atom is 0.317 e. The van der Waals surface area contributed by atoms with E-state index in [0.717, 1.165) is 32.1 Å². The van der Waals surface area contributed by atoms with Crippen molar-refractivity contribution in [2.45, 2.75) is 50.6 Å². The third kappa shape index (κ3) is 3.76. The molecule has 1 heterocycles. The van der Waals surface area contributed by atoms with Crippen LogP contribution >= 0.6 is 12.4 Å². The minimum Gasteiger partial charge on any atom is -0.350 e. The smallest absolute Gasteiger partial charge is 0.317 e. The van der Waals surface area contributed by atoms with Gasteiger partial charge >= 0.3 is 6.03 Å². The van der Waals surface area contributed by atoms with Crippen LogP contribution in [0.15, 0.2) is 0 Å². The van der Waals surface area contributed by atoms with Gasteiger partial charge in [-0.15, -0.1) is 12.4 Å². The molecule has 1 aliphatic heterocycles. The van der Waals surface area contributed by atoms with Crippen LogP contribution in [0.5, 0.6) is 0 Å². The van der Waals surface area contributed by atoms with E-state index in [1.165, 1.54) is 0 Å². The van der Waals surface area contributed by atoms with E-state index in [1.54, 1.807) is 4.90 Å². The molecule has 0 aromatic carbocycles. The van der Waals surface area contributed by atoms with E-state index in [4.69, 9.17) is 5.73 Å². The van der Waals surface area contributed by atoms with Crippen LogP contribution in [-0.2, 0) is 4.79 Å². The number of nitrogens with zero attached hydrogens (tertiary/aromatic N) is 1. The van der Waals surface area contributed by atoms with Crippen molar-refractivity contribution < 1.29 is 9.59 Å². The molecule has 1 atom stereocenters. The molecule has 0 bridgehead atoms. The van der Waals surface area contributed by atoms with Crippen LogP contribution in [-0.4, -0.2) is 48.1 Å². The van der Waals surface area contributed by atoms with Gasteiger partial charge in [0, 0.05) is 25.7 Å². The van der Waals surface area contributed by atoms with Crippen LogP contribution in [0.3, 0.4) is 0 Å².